The number of rotatable bonds is 5. The number of likely N-dealkylation sites (tertiary alicyclic amines) is 1. The molecule has 0 spiro atoms. The van der Waals surface area contributed by atoms with Crippen molar-refractivity contribution >= 4 is 23.2 Å². The molecular weight excluding hydrogens is 388 g/mol. The van der Waals surface area contributed by atoms with Crippen LogP contribution in [0.15, 0.2) is 29.8 Å². The first-order valence-corrected chi connectivity index (χ1v) is 10.7. The Balaban J connectivity index is 1.60. The summed E-state index contributed by atoms with van der Waals surface area (Å²) in [6.45, 7) is 7.47. The van der Waals surface area contributed by atoms with Gasteiger partial charge in [0.1, 0.15) is 5.60 Å². The molecule has 3 rings (SSSR count). The maximum absolute atomic E-state index is 12.8. The molecule has 1 amide bonds. The number of ketones is 1. The van der Waals surface area contributed by atoms with E-state index in [1.165, 1.54) is 4.90 Å². The van der Waals surface area contributed by atoms with Crippen LogP contribution in [0.5, 0.6) is 0 Å². The van der Waals surface area contributed by atoms with E-state index in [1.54, 1.807) is 32.1 Å². The maximum Gasteiger partial charge on any atom is 0.410 e. The number of hydrogen-bond acceptors (Lipinski definition) is 6. The molecule has 0 radical (unpaired) electrons. The van der Waals surface area contributed by atoms with Gasteiger partial charge in [0.15, 0.2) is 5.78 Å². The van der Waals surface area contributed by atoms with E-state index in [4.69, 9.17) is 4.74 Å². The fraction of sp³-hybridized carbons (Fsp3) is 0.500. The van der Waals surface area contributed by atoms with Crippen LogP contribution in [0.1, 0.15) is 44.9 Å². The standard InChI is InChI=1S/C22H28N2O4S/c1-14-20(29-13-23-14)16-8-5-15(6-9-16)7-10-19(26)18-11-17(25)12-24(18)21(27)28-22(2,3)4/h5-6,8-9,13,17-18,25H,7,10-12H2,1-4H3/t17-,18+/m1/s1. The third-order valence-electron chi connectivity index (χ3n) is 4.90. The number of benzene rings is 1. The van der Waals surface area contributed by atoms with Crippen LogP contribution in [0.4, 0.5) is 4.79 Å². The van der Waals surface area contributed by atoms with Crippen LogP contribution in [-0.4, -0.2) is 51.2 Å². The monoisotopic (exact) mass is 416 g/mol. The molecule has 1 aliphatic heterocycles. The van der Waals surface area contributed by atoms with Gasteiger partial charge in [0.2, 0.25) is 0 Å². The molecule has 0 aliphatic carbocycles. The predicted octanol–water partition coefficient (Wildman–Crippen LogP) is 3.99. The van der Waals surface area contributed by atoms with Crippen LogP contribution >= 0.6 is 11.3 Å². The largest absolute Gasteiger partial charge is 0.444 e. The molecular formula is C22H28N2O4S. The van der Waals surface area contributed by atoms with Crippen LogP contribution in [0.25, 0.3) is 10.4 Å². The average Bonchev–Trinajstić information content (AvgIpc) is 3.24. The fourth-order valence-electron chi connectivity index (χ4n) is 3.48. The van der Waals surface area contributed by atoms with Gasteiger partial charge in [0, 0.05) is 12.8 Å². The van der Waals surface area contributed by atoms with Crippen molar-refractivity contribution in [3.63, 3.8) is 0 Å². The van der Waals surface area contributed by atoms with E-state index >= 15 is 0 Å². The Morgan fingerprint density at radius 2 is 1.97 bits per heavy atom. The molecule has 0 unspecified atom stereocenters. The van der Waals surface area contributed by atoms with Crippen molar-refractivity contribution in [2.24, 2.45) is 0 Å². The van der Waals surface area contributed by atoms with Crippen molar-refractivity contribution < 1.29 is 19.4 Å². The van der Waals surface area contributed by atoms with E-state index < -0.39 is 23.8 Å². The number of carbonyl (C=O) groups excluding carboxylic acids is 2. The number of aromatic nitrogens is 1. The summed E-state index contributed by atoms with van der Waals surface area (Å²) < 4.78 is 5.39. The lowest BCUT2D eigenvalue weighted by molar-refractivity contribution is -0.123. The van der Waals surface area contributed by atoms with Crippen molar-refractivity contribution in [1.82, 2.24) is 9.88 Å². The second-order valence-electron chi connectivity index (χ2n) is 8.47. The number of hydrogen-bond donors (Lipinski definition) is 1. The lowest BCUT2D eigenvalue weighted by atomic mass is 10.0. The topological polar surface area (TPSA) is 79.7 Å². The summed E-state index contributed by atoms with van der Waals surface area (Å²) in [6, 6.07) is 7.52. The number of ether oxygens (including phenoxy) is 1. The number of amides is 1. The SMILES string of the molecule is Cc1ncsc1-c1ccc(CCC(=O)[C@@H]2C[C@@H](O)CN2C(=O)OC(C)(C)C)cc1. The smallest absolute Gasteiger partial charge is 0.410 e. The zero-order chi connectivity index (χ0) is 21.2. The molecule has 1 saturated heterocycles. The Morgan fingerprint density at radius 1 is 1.28 bits per heavy atom. The Hall–Kier alpha value is -2.25. The molecule has 1 aromatic heterocycles. The van der Waals surface area contributed by atoms with Crippen molar-refractivity contribution in [1.29, 1.82) is 0 Å². The first kappa shape index (κ1) is 21.5. The van der Waals surface area contributed by atoms with E-state index in [2.05, 4.69) is 4.98 Å². The second-order valence-corrected chi connectivity index (χ2v) is 9.32. The van der Waals surface area contributed by atoms with Crippen LogP contribution < -0.4 is 0 Å². The molecule has 1 aromatic carbocycles. The average molecular weight is 417 g/mol. The molecule has 6 nitrogen and oxygen atoms in total. The minimum Gasteiger partial charge on any atom is -0.444 e. The maximum atomic E-state index is 12.8. The number of Topliss-reactive ketones (excluding diaryl/α,β-unsaturated/α-hetero) is 1. The summed E-state index contributed by atoms with van der Waals surface area (Å²) in [5.41, 5.74) is 4.39. The number of nitrogens with zero attached hydrogens (tertiary/aromatic N) is 2. The fourth-order valence-corrected chi connectivity index (χ4v) is 4.29. The first-order valence-electron chi connectivity index (χ1n) is 9.84. The third kappa shape index (κ3) is 5.42. The van der Waals surface area contributed by atoms with E-state index in [1.807, 2.05) is 36.7 Å². The molecule has 0 bridgehead atoms. The van der Waals surface area contributed by atoms with Gasteiger partial charge in [-0.2, -0.15) is 0 Å². The minimum atomic E-state index is -0.696. The van der Waals surface area contributed by atoms with Crippen LogP contribution in [0.3, 0.4) is 0 Å². The van der Waals surface area contributed by atoms with Gasteiger partial charge in [-0.05, 0) is 45.2 Å². The summed E-state index contributed by atoms with van der Waals surface area (Å²) in [5, 5.41) is 9.99. The molecule has 29 heavy (non-hydrogen) atoms. The molecule has 1 N–H and O–H groups in total. The lowest BCUT2D eigenvalue weighted by Gasteiger charge is -2.27. The quantitative estimate of drug-likeness (QED) is 0.797. The number of aliphatic hydroxyl groups is 1. The summed E-state index contributed by atoms with van der Waals surface area (Å²) in [6.07, 6.45) is -0.0672. The van der Waals surface area contributed by atoms with Gasteiger partial charge >= 0.3 is 6.09 Å². The highest BCUT2D eigenvalue weighted by Gasteiger charge is 2.40. The van der Waals surface area contributed by atoms with Crippen molar-refractivity contribution in [3.8, 4) is 10.4 Å². The highest BCUT2D eigenvalue weighted by molar-refractivity contribution is 7.13. The highest BCUT2D eigenvalue weighted by atomic mass is 32.1. The van der Waals surface area contributed by atoms with Gasteiger partial charge in [-0.25, -0.2) is 9.78 Å². The van der Waals surface area contributed by atoms with Gasteiger partial charge in [-0.3, -0.25) is 9.69 Å². The number of aliphatic hydroxyl groups excluding tert-OH is 1. The second kappa shape index (κ2) is 8.63. The van der Waals surface area contributed by atoms with Crippen molar-refractivity contribution in [2.45, 2.75) is 64.7 Å². The molecule has 2 atom stereocenters. The summed E-state index contributed by atoms with van der Waals surface area (Å²) in [7, 11) is 0. The molecule has 1 aliphatic rings. The van der Waals surface area contributed by atoms with E-state index in [0.29, 0.717) is 12.8 Å². The Kier molecular flexibility index (Phi) is 6.39. The Labute approximate surface area is 175 Å². The number of thiazole rings is 1. The van der Waals surface area contributed by atoms with Crippen LogP contribution in [-0.2, 0) is 16.0 Å². The van der Waals surface area contributed by atoms with Gasteiger partial charge in [0.05, 0.1) is 34.8 Å². The predicted molar refractivity (Wildman–Crippen MR) is 113 cm³/mol. The lowest BCUT2D eigenvalue weighted by Crippen LogP contribution is -2.43. The number of aryl methyl sites for hydroxylation is 2. The van der Waals surface area contributed by atoms with Crippen LogP contribution in [0, 0.1) is 6.92 Å². The summed E-state index contributed by atoms with van der Waals surface area (Å²) in [4.78, 5) is 32.0. The summed E-state index contributed by atoms with van der Waals surface area (Å²) >= 11 is 1.61. The van der Waals surface area contributed by atoms with E-state index in [-0.39, 0.29) is 18.7 Å². The Morgan fingerprint density at radius 3 is 2.55 bits per heavy atom. The first-order chi connectivity index (χ1) is 13.6. The zero-order valence-corrected chi connectivity index (χ0v) is 18.2. The Bertz CT molecular complexity index is 870. The summed E-state index contributed by atoms with van der Waals surface area (Å²) in [5.74, 6) is -0.0465. The molecule has 0 saturated carbocycles. The number of β-amino-alcohol motifs (C(OH)–C–C–N with tert-alkyl or cyclic N) is 1. The van der Waals surface area contributed by atoms with Gasteiger partial charge in [-0.1, -0.05) is 24.3 Å². The van der Waals surface area contributed by atoms with Gasteiger partial charge in [0.25, 0.3) is 0 Å². The van der Waals surface area contributed by atoms with Crippen molar-refractivity contribution in [3.05, 3.63) is 41.0 Å². The van der Waals surface area contributed by atoms with Gasteiger partial charge in [-0.15, -0.1) is 11.3 Å². The van der Waals surface area contributed by atoms with Crippen LogP contribution in [0.2, 0.25) is 0 Å². The normalized spacial score (nSPS) is 19.4. The van der Waals surface area contributed by atoms with Crippen molar-refractivity contribution in [2.75, 3.05) is 6.54 Å². The molecule has 1 fully saturated rings. The third-order valence-corrected chi connectivity index (χ3v) is 5.88. The highest BCUT2D eigenvalue weighted by Crippen LogP contribution is 2.28. The van der Waals surface area contributed by atoms with E-state index in [9.17, 15) is 14.7 Å². The number of carbonyl (C=O) groups is 2. The molecule has 2 aromatic rings. The van der Waals surface area contributed by atoms with Gasteiger partial charge < -0.3 is 9.84 Å². The van der Waals surface area contributed by atoms with E-state index in [0.717, 1.165) is 21.7 Å². The molecule has 156 valence electrons. The molecule has 7 heteroatoms. The molecule has 2 heterocycles. The minimum absolute atomic E-state index is 0.0465. The zero-order valence-electron chi connectivity index (χ0n) is 17.3.